The van der Waals surface area contributed by atoms with Crippen molar-refractivity contribution in [1.29, 1.82) is 0 Å². The van der Waals surface area contributed by atoms with E-state index in [0.29, 0.717) is 12.1 Å². The van der Waals surface area contributed by atoms with E-state index in [-0.39, 0.29) is 5.91 Å². The standard InChI is InChI=1S/C27H22N6OS/c1-3-26(34)30-18-8-17(11-28-12-18)16-5-6-22-20(9-16)27(33-32-22)23-10-19-21(13-29-14-24(19)31-23)25-7-4-15(2)35-25/h4-14,31H,3H2,1-2H3,(H,30,34)(H,32,33). The second-order valence-electron chi connectivity index (χ2n) is 8.44. The zero-order valence-corrected chi connectivity index (χ0v) is 20.0. The molecular weight excluding hydrogens is 456 g/mol. The van der Waals surface area contributed by atoms with Gasteiger partial charge < -0.3 is 10.3 Å². The number of benzene rings is 1. The molecule has 6 rings (SSSR count). The lowest BCUT2D eigenvalue weighted by Crippen LogP contribution is -2.09. The first kappa shape index (κ1) is 21.2. The van der Waals surface area contributed by atoms with Crippen LogP contribution in [-0.4, -0.2) is 31.1 Å². The van der Waals surface area contributed by atoms with Crippen LogP contribution in [0.1, 0.15) is 18.2 Å². The largest absolute Gasteiger partial charge is 0.352 e. The van der Waals surface area contributed by atoms with Crippen LogP contribution in [0.3, 0.4) is 0 Å². The van der Waals surface area contributed by atoms with Crippen molar-refractivity contribution in [3.8, 4) is 33.0 Å². The number of carbonyl (C=O) groups is 1. The molecule has 0 aliphatic rings. The Hall–Kier alpha value is -4.30. The van der Waals surface area contributed by atoms with E-state index in [1.165, 1.54) is 9.75 Å². The number of aromatic nitrogens is 5. The maximum Gasteiger partial charge on any atom is 0.224 e. The predicted molar refractivity (Wildman–Crippen MR) is 141 cm³/mol. The van der Waals surface area contributed by atoms with Gasteiger partial charge in [0.1, 0.15) is 5.69 Å². The van der Waals surface area contributed by atoms with Crippen molar-refractivity contribution in [2.24, 2.45) is 0 Å². The summed E-state index contributed by atoms with van der Waals surface area (Å²) in [4.78, 5) is 26.5. The van der Waals surface area contributed by atoms with Crippen molar-refractivity contribution < 1.29 is 4.79 Å². The van der Waals surface area contributed by atoms with Crippen molar-refractivity contribution in [2.45, 2.75) is 20.3 Å². The highest BCUT2D eigenvalue weighted by molar-refractivity contribution is 7.15. The molecule has 0 aliphatic carbocycles. The van der Waals surface area contributed by atoms with Gasteiger partial charge in [-0.3, -0.25) is 19.9 Å². The van der Waals surface area contributed by atoms with Gasteiger partial charge in [0.05, 0.1) is 34.8 Å². The van der Waals surface area contributed by atoms with Crippen LogP contribution in [-0.2, 0) is 4.79 Å². The number of hydrogen-bond acceptors (Lipinski definition) is 5. The third-order valence-corrected chi connectivity index (χ3v) is 7.08. The van der Waals surface area contributed by atoms with Crippen LogP contribution in [0.25, 0.3) is 54.8 Å². The number of pyridine rings is 2. The molecule has 172 valence electrons. The fourth-order valence-corrected chi connectivity index (χ4v) is 5.16. The Kier molecular flexibility index (Phi) is 5.15. The number of H-pyrrole nitrogens is 2. The van der Waals surface area contributed by atoms with Crippen LogP contribution in [0.4, 0.5) is 5.69 Å². The van der Waals surface area contributed by atoms with E-state index in [2.05, 4.69) is 61.7 Å². The summed E-state index contributed by atoms with van der Waals surface area (Å²) < 4.78 is 0. The number of anilines is 1. The first-order chi connectivity index (χ1) is 17.1. The Labute approximate surface area is 205 Å². The Morgan fingerprint density at radius 3 is 2.66 bits per heavy atom. The quantitative estimate of drug-likeness (QED) is 0.261. The van der Waals surface area contributed by atoms with Gasteiger partial charge in [-0.15, -0.1) is 11.3 Å². The number of amides is 1. The summed E-state index contributed by atoms with van der Waals surface area (Å²) in [6.45, 7) is 3.94. The van der Waals surface area contributed by atoms with E-state index in [9.17, 15) is 4.79 Å². The molecule has 1 amide bonds. The SMILES string of the molecule is CCC(=O)Nc1cncc(-c2ccc3[nH]nc(-c4cc5c(-c6ccc(C)s6)cncc5[nH]4)c3c2)c1. The molecule has 0 fully saturated rings. The molecule has 8 heteroatoms. The van der Waals surface area contributed by atoms with Gasteiger partial charge in [0, 0.05) is 50.5 Å². The van der Waals surface area contributed by atoms with Gasteiger partial charge in [-0.1, -0.05) is 13.0 Å². The van der Waals surface area contributed by atoms with Crippen molar-refractivity contribution in [2.75, 3.05) is 5.32 Å². The molecule has 0 aliphatic heterocycles. The number of carbonyl (C=O) groups excluding carboxylic acids is 1. The summed E-state index contributed by atoms with van der Waals surface area (Å²) in [5, 5.41) is 12.8. The third kappa shape index (κ3) is 3.87. The normalized spacial score (nSPS) is 11.4. The van der Waals surface area contributed by atoms with Crippen molar-refractivity contribution >= 4 is 44.7 Å². The fourth-order valence-electron chi connectivity index (χ4n) is 4.27. The second-order valence-corrected chi connectivity index (χ2v) is 9.73. The van der Waals surface area contributed by atoms with E-state index >= 15 is 0 Å². The molecule has 3 N–H and O–H groups in total. The molecule has 0 radical (unpaired) electrons. The van der Waals surface area contributed by atoms with E-state index in [1.54, 1.807) is 23.7 Å². The Bertz CT molecular complexity index is 1710. The molecule has 0 saturated carbocycles. The maximum absolute atomic E-state index is 11.8. The average Bonchev–Trinajstić information content (AvgIpc) is 3.61. The summed E-state index contributed by atoms with van der Waals surface area (Å²) in [5.74, 6) is -0.0399. The van der Waals surface area contributed by atoms with E-state index in [1.807, 2.05) is 37.5 Å². The summed E-state index contributed by atoms with van der Waals surface area (Å²) in [6.07, 6.45) is 7.65. The number of rotatable bonds is 5. The van der Waals surface area contributed by atoms with E-state index in [0.717, 1.165) is 49.9 Å². The summed E-state index contributed by atoms with van der Waals surface area (Å²) in [7, 11) is 0. The maximum atomic E-state index is 11.8. The molecule has 0 bridgehead atoms. The molecule has 0 spiro atoms. The molecule has 0 unspecified atom stereocenters. The van der Waals surface area contributed by atoms with Crippen LogP contribution in [0.5, 0.6) is 0 Å². The molecule has 6 aromatic rings. The van der Waals surface area contributed by atoms with Crippen LogP contribution < -0.4 is 5.32 Å². The lowest BCUT2D eigenvalue weighted by molar-refractivity contribution is -0.115. The van der Waals surface area contributed by atoms with Gasteiger partial charge >= 0.3 is 0 Å². The zero-order valence-electron chi connectivity index (χ0n) is 19.2. The highest BCUT2D eigenvalue weighted by Crippen LogP contribution is 2.37. The number of fused-ring (bicyclic) bond motifs is 2. The first-order valence-electron chi connectivity index (χ1n) is 11.4. The lowest BCUT2D eigenvalue weighted by Gasteiger charge is -2.06. The number of nitrogens with one attached hydrogen (secondary N) is 3. The Morgan fingerprint density at radius 2 is 1.83 bits per heavy atom. The minimum atomic E-state index is -0.0399. The molecule has 0 atom stereocenters. The summed E-state index contributed by atoms with van der Waals surface area (Å²) in [5.41, 5.74) is 7.39. The second kappa shape index (κ2) is 8.48. The van der Waals surface area contributed by atoms with Crippen LogP contribution in [0.15, 0.2) is 67.3 Å². The van der Waals surface area contributed by atoms with Crippen LogP contribution in [0.2, 0.25) is 0 Å². The number of nitrogens with zero attached hydrogens (tertiary/aromatic N) is 3. The molecule has 7 nitrogen and oxygen atoms in total. The van der Waals surface area contributed by atoms with Crippen molar-refractivity contribution in [1.82, 2.24) is 25.1 Å². The van der Waals surface area contributed by atoms with Crippen LogP contribution in [0, 0.1) is 6.92 Å². The first-order valence-corrected chi connectivity index (χ1v) is 12.2. The number of aryl methyl sites for hydroxylation is 1. The monoisotopic (exact) mass is 478 g/mol. The molecule has 35 heavy (non-hydrogen) atoms. The molecular formula is C27H22N6OS. The highest BCUT2D eigenvalue weighted by atomic mass is 32.1. The van der Waals surface area contributed by atoms with Crippen molar-refractivity contribution in [3.05, 3.63) is 72.1 Å². The van der Waals surface area contributed by atoms with Gasteiger partial charge in [0.2, 0.25) is 5.91 Å². The van der Waals surface area contributed by atoms with Gasteiger partial charge in [-0.2, -0.15) is 5.10 Å². The van der Waals surface area contributed by atoms with Crippen LogP contribution >= 0.6 is 11.3 Å². The predicted octanol–water partition coefficient (Wildman–Crippen LogP) is 6.55. The highest BCUT2D eigenvalue weighted by Gasteiger charge is 2.15. The summed E-state index contributed by atoms with van der Waals surface area (Å²) >= 11 is 1.76. The Balaban J connectivity index is 1.43. The zero-order chi connectivity index (χ0) is 23.9. The Morgan fingerprint density at radius 1 is 0.943 bits per heavy atom. The fraction of sp³-hybridized carbons (Fsp3) is 0.111. The van der Waals surface area contributed by atoms with E-state index < -0.39 is 0 Å². The number of hydrogen-bond donors (Lipinski definition) is 3. The number of aromatic amines is 2. The third-order valence-electron chi connectivity index (χ3n) is 6.05. The summed E-state index contributed by atoms with van der Waals surface area (Å²) in [6, 6.07) is 14.5. The minimum Gasteiger partial charge on any atom is -0.352 e. The molecule has 5 heterocycles. The van der Waals surface area contributed by atoms with Gasteiger partial charge in [0.25, 0.3) is 0 Å². The minimum absolute atomic E-state index is 0.0399. The van der Waals surface area contributed by atoms with Gasteiger partial charge in [-0.25, -0.2) is 0 Å². The molecule has 5 aromatic heterocycles. The lowest BCUT2D eigenvalue weighted by atomic mass is 10.0. The molecule has 1 aromatic carbocycles. The van der Waals surface area contributed by atoms with Gasteiger partial charge in [0.15, 0.2) is 0 Å². The molecule has 0 saturated heterocycles. The average molecular weight is 479 g/mol. The van der Waals surface area contributed by atoms with Crippen molar-refractivity contribution in [3.63, 3.8) is 0 Å². The smallest absolute Gasteiger partial charge is 0.224 e. The number of thiophene rings is 1. The topological polar surface area (TPSA) is 99.3 Å². The van der Waals surface area contributed by atoms with E-state index in [4.69, 9.17) is 0 Å². The van der Waals surface area contributed by atoms with Gasteiger partial charge in [-0.05, 0) is 48.9 Å².